The van der Waals surface area contributed by atoms with Crippen molar-refractivity contribution in [1.29, 1.82) is 0 Å². The molecule has 0 radical (unpaired) electrons. The summed E-state index contributed by atoms with van der Waals surface area (Å²) in [5.74, 6) is -0.321. The van der Waals surface area contributed by atoms with Gasteiger partial charge in [0.25, 0.3) is 11.8 Å². The predicted molar refractivity (Wildman–Crippen MR) is 128 cm³/mol. The maximum Gasteiger partial charge on any atom is 0.282 e. The molecule has 5 nitrogen and oxygen atoms in total. The van der Waals surface area contributed by atoms with Crippen molar-refractivity contribution in [2.24, 2.45) is 0 Å². The van der Waals surface area contributed by atoms with Gasteiger partial charge in [0.15, 0.2) is 0 Å². The van der Waals surface area contributed by atoms with E-state index in [0.29, 0.717) is 22.6 Å². The van der Waals surface area contributed by atoms with Crippen LogP contribution in [0.5, 0.6) is 5.75 Å². The summed E-state index contributed by atoms with van der Waals surface area (Å²) < 4.78 is 5.47. The fourth-order valence-electron chi connectivity index (χ4n) is 3.92. The van der Waals surface area contributed by atoms with Gasteiger partial charge in [-0.05, 0) is 62.6 Å². The molecule has 2 amide bonds. The van der Waals surface area contributed by atoms with Crippen molar-refractivity contribution >= 4 is 28.8 Å². The number of nitrogens with zero attached hydrogens (tertiary/aromatic N) is 1. The fourth-order valence-corrected chi connectivity index (χ4v) is 3.92. The Morgan fingerprint density at radius 3 is 2.03 bits per heavy atom. The molecule has 162 valence electrons. The minimum Gasteiger partial charge on any atom is -0.495 e. The molecule has 0 aliphatic carbocycles. The second-order valence-electron chi connectivity index (χ2n) is 8.18. The summed E-state index contributed by atoms with van der Waals surface area (Å²) in [7, 11) is 1.53. The van der Waals surface area contributed by atoms with Gasteiger partial charge in [-0.25, -0.2) is 4.90 Å². The van der Waals surface area contributed by atoms with E-state index >= 15 is 0 Å². The summed E-state index contributed by atoms with van der Waals surface area (Å²) in [6.45, 7) is 7.89. The van der Waals surface area contributed by atoms with Crippen LogP contribution in [0.15, 0.2) is 66.4 Å². The number of nitrogens with one attached hydrogen (secondary N) is 1. The second kappa shape index (κ2) is 8.35. The molecule has 0 aromatic heterocycles. The third-order valence-electron chi connectivity index (χ3n) is 5.64. The number of rotatable bonds is 5. The zero-order chi connectivity index (χ0) is 23.0. The lowest BCUT2D eigenvalue weighted by Crippen LogP contribution is -2.32. The molecule has 0 bridgehead atoms. The standard InChI is InChI=1S/C27H26N2O3/c1-16-6-10-20(11-7-16)24-25(28-21-12-8-17(2)14-19(21)4)27(31)29(26(24)30)22-15-18(3)9-13-23(22)32-5/h6-15,28H,1-5H3. The zero-order valence-corrected chi connectivity index (χ0v) is 18.9. The number of hydrogen-bond acceptors (Lipinski definition) is 4. The van der Waals surface area contributed by atoms with Crippen molar-refractivity contribution in [2.45, 2.75) is 27.7 Å². The van der Waals surface area contributed by atoms with Gasteiger partial charge in [0.1, 0.15) is 11.4 Å². The summed E-state index contributed by atoms with van der Waals surface area (Å²) in [5.41, 5.74) is 6.64. The lowest BCUT2D eigenvalue weighted by molar-refractivity contribution is -0.120. The Labute approximate surface area is 188 Å². The van der Waals surface area contributed by atoms with E-state index in [4.69, 9.17) is 4.74 Å². The highest BCUT2D eigenvalue weighted by molar-refractivity contribution is 6.46. The molecule has 0 saturated carbocycles. The molecule has 0 fully saturated rings. The summed E-state index contributed by atoms with van der Waals surface area (Å²) in [6, 6.07) is 19.0. The molecule has 32 heavy (non-hydrogen) atoms. The number of methoxy groups -OCH3 is 1. The maximum absolute atomic E-state index is 13.7. The molecular formula is C27H26N2O3. The number of hydrogen-bond donors (Lipinski definition) is 1. The normalized spacial score (nSPS) is 13.7. The van der Waals surface area contributed by atoms with Crippen molar-refractivity contribution in [3.8, 4) is 5.75 Å². The van der Waals surface area contributed by atoms with Crippen LogP contribution in [0.2, 0.25) is 0 Å². The van der Waals surface area contributed by atoms with Gasteiger partial charge in [-0.2, -0.15) is 0 Å². The first-order valence-corrected chi connectivity index (χ1v) is 10.5. The minimum absolute atomic E-state index is 0.259. The molecule has 0 spiro atoms. The average molecular weight is 427 g/mol. The number of carbonyl (C=O) groups excluding carboxylic acids is 2. The zero-order valence-electron chi connectivity index (χ0n) is 18.9. The van der Waals surface area contributed by atoms with Gasteiger partial charge in [-0.1, -0.05) is 53.6 Å². The first kappa shape index (κ1) is 21.4. The van der Waals surface area contributed by atoms with Crippen molar-refractivity contribution < 1.29 is 14.3 Å². The van der Waals surface area contributed by atoms with Crippen LogP contribution in [0, 0.1) is 27.7 Å². The highest BCUT2D eigenvalue weighted by Crippen LogP contribution is 2.38. The summed E-state index contributed by atoms with van der Waals surface area (Å²) >= 11 is 0. The van der Waals surface area contributed by atoms with Crippen LogP contribution in [-0.4, -0.2) is 18.9 Å². The van der Waals surface area contributed by atoms with Crippen LogP contribution in [0.1, 0.15) is 27.8 Å². The van der Waals surface area contributed by atoms with Crippen molar-refractivity contribution in [3.05, 3.63) is 94.2 Å². The number of anilines is 2. The molecule has 3 aromatic rings. The van der Waals surface area contributed by atoms with Gasteiger partial charge in [0.2, 0.25) is 0 Å². The Kier molecular flexibility index (Phi) is 5.57. The lowest BCUT2D eigenvalue weighted by atomic mass is 10.0. The number of aryl methyl sites for hydroxylation is 4. The Balaban J connectivity index is 1.87. The largest absolute Gasteiger partial charge is 0.495 e. The van der Waals surface area contributed by atoms with Crippen molar-refractivity contribution in [3.63, 3.8) is 0 Å². The van der Waals surface area contributed by atoms with Crippen LogP contribution in [0.4, 0.5) is 11.4 Å². The quantitative estimate of drug-likeness (QED) is 0.561. The highest BCUT2D eigenvalue weighted by Gasteiger charge is 2.41. The van der Waals surface area contributed by atoms with E-state index in [0.717, 1.165) is 27.9 Å². The monoisotopic (exact) mass is 426 g/mol. The van der Waals surface area contributed by atoms with E-state index in [1.165, 1.54) is 12.0 Å². The molecule has 1 heterocycles. The molecule has 5 heteroatoms. The lowest BCUT2D eigenvalue weighted by Gasteiger charge is -2.19. The average Bonchev–Trinajstić information content (AvgIpc) is 3.00. The maximum atomic E-state index is 13.7. The SMILES string of the molecule is COc1ccc(C)cc1N1C(=O)C(Nc2ccc(C)cc2C)=C(c2ccc(C)cc2)C1=O. The molecule has 0 atom stereocenters. The van der Waals surface area contributed by atoms with Gasteiger partial charge in [-0.3, -0.25) is 9.59 Å². The topological polar surface area (TPSA) is 58.6 Å². The summed E-state index contributed by atoms with van der Waals surface area (Å²) in [6.07, 6.45) is 0. The van der Waals surface area contributed by atoms with Crippen LogP contribution in [0.3, 0.4) is 0 Å². The Bertz CT molecular complexity index is 1260. The van der Waals surface area contributed by atoms with Crippen LogP contribution >= 0.6 is 0 Å². The van der Waals surface area contributed by atoms with Gasteiger partial charge >= 0.3 is 0 Å². The first-order chi connectivity index (χ1) is 15.3. The highest BCUT2D eigenvalue weighted by atomic mass is 16.5. The number of benzene rings is 3. The molecular weight excluding hydrogens is 400 g/mol. The van der Waals surface area contributed by atoms with Gasteiger partial charge in [0.05, 0.1) is 18.4 Å². The Hall–Kier alpha value is -3.86. The number of amides is 2. The van der Waals surface area contributed by atoms with Gasteiger partial charge in [-0.15, -0.1) is 0 Å². The van der Waals surface area contributed by atoms with E-state index < -0.39 is 5.91 Å². The molecule has 0 unspecified atom stereocenters. The smallest absolute Gasteiger partial charge is 0.282 e. The molecule has 1 aliphatic rings. The van der Waals surface area contributed by atoms with Crippen LogP contribution < -0.4 is 15.0 Å². The molecule has 4 rings (SSSR count). The second-order valence-corrected chi connectivity index (χ2v) is 8.18. The number of ether oxygens (including phenoxy) is 1. The van der Waals surface area contributed by atoms with Crippen molar-refractivity contribution in [2.75, 3.05) is 17.3 Å². The number of carbonyl (C=O) groups is 2. The van der Waals surface area contributed by atoms with Crippen LogP contribution in [0.25, 0.3) is 5.57 Å². The third kappa shape index (κ3) is 3.78. The Morgan fingerprint density at radius 2 is 1.38 bits per heavy atom. The van der Waals surface area contributed by atoms with Gasteiger partial charge < -0.3 is 10.1 Å². The van der Waals surface area contributed by atoms with E-state index in [1.54, 1.807) is 12.1 Å². The molecule has 3 aromatic carbocycles. The van der Waals surface area contributed by atoms with Gasteiger partial charge in [0, 0.05) is 5.69 Å². The third-order valence-corrected chi connectivity index (χ3v) is 5.64. The first-order valence-electron chi connectivity index (χ1n) is 10.5. The summed E-state index contributed by atoms with van der Waals surface area (Å²) in [4.78, 5) is 28.5. The fraction of sp³-hybridized carbons (Fsp3) is 0.185. The number of imide groups is 1. The van der Waals surface area contributed by atoms with Crippen LogP contribution in [-0.2, 0) is 9.59 Å². The molecule has 1 N–H and O–H groups in total. The minimum atomic E-state index is -0.408. The van der Waals surface area contributed by atoms with E-state index in [1.807, 2.05) is 76.2 Å². The van der Waals surface area contributed by atoms with E-state index in [9.17, 15) is 9.59 Å². The molecule has 0 saturated heterocycles. The Morgan fingerprint density at radius 1 is 0.750 bits per heavy atom. The van der Waals surface area contributed by atoms with E-state index in [2.05, 4.69) is 5.32 Å². The molecule has 1 aliphatic heterocycles. The van der Waals surface area contributed by atoms with Crippen molar-refractivity contribution in [1.82, 2.24) is 0 Å². The summed E-state index contributed by atoms with van der Waals surface area (Å²) in [5, 5.41) is 3.26. The predicted octanol–water partition coefficient (Wildman–Crippen LogP) is 5.33. The van der Waals surface area contributed by atoms with E-state index in [-0.39, 0.29) is 11.6 Å².